The quantitative estimate of drug-likeness (QED) is 0.147. The molecule has 1 aliphatic heterocycles. The number of ether oxygens (including phenoxy) is 3. The number of amides is 1. The van der Waals surface area contributed by atoms with Crippen molar-refractivity contribution in [3.05, 3.63) is 36.0 Å². The number of carbonyl (C=O) groups excluding carboxylic acids is 3. The number of rotatable bonds is 6. The molecule has 3 N–H and O–H groups in total. The molecule has 218 valence electrons. The summed E-state index contributed by atoms with van der Waals surface area (Å²) in [5, 5.41) is 10.8. The third-order valence-corrected chi connectivity index (χ3v) is 6.74. The molecule has 0 spiro atoms. The first kappa shape index (κ1) is 36.6. The van der Waals surface area contributed by atoms with E-state index >= 15 is 0 Å². The molecule has 0 saturated carbocycles. The van der Waals surface area contributed by atoms with Crippen LogP contribution in [0, 0.1) is 55.5 Å². The zero-order valence-corrected chi connectivity index (χ0v) is 24.2. The summed E-state index contributed by atoms with van der Waals surface area (Å²) in [6.07, 6.45) is 11.5. The van der Waals surface area contributed by atoms with E-state index in [2.05, 4.69) is 26.0 Å². The maximum Gasteiger partial charge on any atom is 0.404 e. The molecule has 7 atom stereocenters. The minimum atomic E-state index is -0.927. The summed E-state index contributed by atoms with van der Waals surface area (Å²) in [7, 11) is 0. The second kappa shape index (κ2) is 20.5. The molecule has 1 amide bonds. The minimum absolute atomic E-state index is 0. The van der Waals surface area contributed by atoms with E-state index in [1.807, 2.05) is 32.1 Å². The molecular formula is C29H47ArNO7. The van der Waals surface area contributed by atoms with E-state index < -0.39 is 36.3 Å². The Hall–Kier alpha value is -1.35. The smallest absolute Gasteiger partial charge is 0.404 e. The molecule has 9 heteroatoms. The number of primary amides is 1. The van der Waals surface area contributed by atoms with Crippen LogP contribution in [-0.2, 0) is 23.8 Å². The van der Waals surface area contributed by atoms with Gasteiger partial charge in [0.25, 0.3) is 6.47 Å². The van der Waals surface area contributed by atoms with Gasteiger partial charge in [-0.2, -0.15) is 0 Å². The Morgan fingerprint density at radius 1 is 1.13 bits per heavy atom. The van der Waals surface area contributed by atoms with Gasteiger partial charge in [0.2, 0.25) is 0 Å². The molecule has 1 rings (SSSR count). The molecule has 38 heavy (non-hydrogen) atoms. The van der Waals surface area contributed by atoms with E-state index in [4.69, 9.17) is 19.9 Å². The Morgan fingerprint density at radius 3 is 2.47 bits per heavy atom. The Balaban J connectivity index is 0.0000137. The van der Waals surface area contributed by atoms with Crippen molar-refractivity contribution in [2.24, 2.45) is 23.5 Å². The molecular weight excluding hydrogens is 514 g/mol. The van der Waals surface area contributed by atoms with Crippen LogP contribution in [0.5, 0.6) is 0 Å². The van der Waals surface area contributed by atoms with Crippen LogP contribution in [0.3, 0.4) is 0 Å². The third kappa shape index (κ3) is 15.3. The van der Waals surface area contributed by atoms with Gasteiger partial charge in [0.05, 0.1) is 12.0 Å². The molecule has 0 aromatic heterocycles. The summed E-state index contributed by atoms with van der Waals surface area (Å²) in [5.41, 5.74) is 6.29. The number of nitrogens with two attached hydrogens (primary N) is 1. The first-order chi connectivity index (χ1) is 17.6. The number of allylic oxidation sites excluding steroid dienone is 5. The predicted molar refractivity (Wildman–Crippen MR) is 143 cm³/mol. The van der Waals surface area contributed by atoms with Crippen molar-refractivity contribution in [1.29, 1.82) is 0 Å². The van der Waals surface area contributed by atoms with Gasteiger partial charge in [-0.05, 0) is 83.1 Å². The zero-order chi connectivity index (χ0) is 27.8. The third-order valence-electron chi connectivity index (χ3n) is 6.74. The Morgan fingerprint density at radius 2 is 1.84 bits per heavy atom. The molecule has 0 aromatic rings. The molecule has 0 fully saturated rings. The van der Waals surface area contributed by atoms with Crippen LogP contribution in [-0.4, -0.2) is 48.1 Å². The van der Waals surface area contributed by atoms with E-state index in [1.54, 1.807) is 6.92 Å². The zero-order valence-electron chi connectivity index (χ0n) is 23.5. The Labute approximate surface area is 258 Å². The van der Waals surface area contributed by atoms with Gasteiger partial charge in [-0.3, -0.25) is 9.59 Å². The van der Waals surface area contributed by atoms with Crippen LogP contribution in [0.15, 0.2) is 36.0 Å². The monoisotopic (exact) mass is 561 g/mol. The van der Waals surface area contributed by atoms with Crippen LogP contribution in [0.2, 0.25) is 0 Å². The van der Waals surface area contributed by atoms with Crippen molar-refractivity contribution < 1.29 is 71.4 Å². The summed E-state index contributed by atoms with van der Waals surface area (Å²) < 4.78 is 16.4. The van der Waals surface area contributed by atoms with Crippen LogP contribution < -0.4 is 5.73 Å². The van der Waals surface area contributed by atoms with E-state index in [0.717, 1.165) is 18.4 Å². The van der Waals surface area contributed by atoms with Gasteiger partial charge in [0.1, 0.15) is 18.3 Å². The molecule has 0 bridgehead atoms. The average Bonchev–Trinajstić information content (AvgIpc) is 2.83. The van der Waals surface area contributed by atoms with E-state index in [-0.39, 0.29) is 55.7 Å². The number of cyclic esters (lactones) is 1. The van der Waals surface area contributed by atoms with Crippen molar-refractivity contribution in [2.45, 2.75) is 110 Å². The number of carbonyl (C=O) groups is 3. The fraction of sp³-hybridized carbons (Fsp3) is 0.690. The van der Waals surface area contributed by atoms with Crippen molar-refractivity contribution >= 4 is 18.5 Å². The number of hydrogen-bond donors (Lipinski definition) is 2. The van der Waals surface area contributed by atoms with Gasteiger partial charge < -0.3 is 25.1 Å². The topological polar surface area (TPSA) is 125 Å². The minimum Gasteiger partial charge on any atom is -0.461 e. The molecule has 0 aromatic carbocycles. The average molecular weight is 562 g/mol. The van der Waals surface area contributed by atoms with E-state index in [9.17, 15) is 19.5 Å². The van der Waals surface area contributed by atoms with Crippen molar-refractivity contribution in [2.75, 3.05) is 0 Å². The van der Waals surface area contributed by atoms with Gasteiger partial charge in [-0.15, -0.1) is 0 Å². The standard InChI is InChI=1S/C29H47NO7.Ar/c1-6-7-11-20(2)16-24-17-21(3)12-9-8-10-13-26(35-19-31)27(37-29(30)34)15-14-22(4)18-25(32)23(5)28(33)36-24;/h7-9,11,16,19,21-27,32H,6,10,12-15,17-18H2,1-5H3,(H2,30,34);/b9-8+,11-7+,20-16+;. The Bertz CT molecular complexity index is 798. The molecule has 1 heterocycles. The summed E-state index contributed by atoms with van der Waals surface area (Å²) in [6.45, 7) is 10.2. The fourth-order valence-electron chi connectivity index (χ4n) is 4.48. The number of hydrogen-bond acceptors (Lipinski definition) is 7. The van der Waals surface area contributed by atoms with E-state index in [0.29, 0.717) is 45.0 Å². The summed E-state index contributed by atoms with van der Waals surface area (Å²) in [4.78, 5) is 35.6. The molecule has 7 unspecified atom stereocenters. The number of aliphatic hydroxyl groups is 1. The normalized spacial score (nSPS) is 31.7. The van der Waals surface area contributed by atoms with Crippen molar-refractivity contribution in [3.63, 3.8) is 0 Å². The van der Waals surface area contributed by atoms with E-state index in [1.165, 1.54) is 0 Å². The maximum atomic E-state index is 13.0. The summed E-state index contributed by atoms with van der Waals surface area (Å²) >= 11 is 0. The summed E-state index contributed by atoms with van der Waals surface area (Å²) in [6, 6.07) is 0. The fourth-order valence-corrected chi connectivity index (χ4v) is 4.48. The largest absolute Gasteiger partial charge is 0.461 e. The van der Waals surface area contributed by atoms with Gasteiger partial charge in [0.15, 0.2) is 0 Å². The SMILES string of the molecule is CC/C=C/C(C)=C/C1CC(C)C/C=C/CCC(OC=O)C(OC(N)=O)CCC(C)CC(O)C(C)C(=O)O1.[Ar]. The van der Waals surface area contributed by atoms with Crippen LogP contribution in [0.1, 0.15) is 86.0 Å². The van der Waals surface area contributed by atoms with Crippen LogP contribution in [0.4, 0.5) is 4.79 Å². The Kier molecular flexibility index (Phi) is 19.8. The molecule has 1 aliphatic rings. The molecule has 8 nitrogen and oxygen atoms in total. The molecule has 0 aliphatic carbocycles. The number of aliphatic hydroxyl groups excluding tert-OH is 1. The van der Waals surface area contributed by atoms with Gasteiger partial charge in [-0.1, -0.05) is 50.6 Å². The first-order valence-corrected chi connectivity index (χ1v) is 13.5. The first-order valence-electron chi connectivity index (χ1n) is 13.5. The second-order valence-electron chi connectivity index (χ2n) is 10.3. The van der Waals surface area contributed by atoms with Crippen LogP contribution >= 0.6 is 0 Å². The molecule has 0 radical (unpaired) electrons. The van der Waals surface area contributed by atoms with Gasteiger partial charge in [-0.25, -0.2) is 4.79 Å². The van der Waals surface area contributed by atoms with Crippen LogP contribution in [0.25, 0.3) is 0 Å². The van der Waals surface area contributed by atoms with Crippen molar-refractivity contribution in [1.82, 2.24) is 0 Å². The summed E-state index contributed by atoms with van der Waals surface area (Å²) in [5.74, 6) is -0.869. The molecule has 0 saturated heterocycles. The van der Waals surface area contributed by atoms with Gasteiger partial charge in [0, 0.05) is 37.7 Å². The number of esters is 1. The predicted octanol–water partition coefficient (Wildman–Crippen LogP) is 5.39. The van der Waals surface area contributed by atoms with Crippen molar-refractivity contribution in [3.8, 4) is 0 Å². The second-order valence-corrected chi connectivity index (χ2v) is 10.3. The van der Waals surface area contributed by atoms with Gasteiger partial charge >= 0.3 is 12.1 Å². The maximum absolute atomic E-state index is 13.0.